The number of ketones is 2. The number of benzene rings is 2. The van der Waals surface area contributed by atoms with Crippen molar-refractivity contribution in [2.24, 2.45) is 11.7 Å². The molecule has 0 bridgehead atoms. The Morgan fingerprint density at radius 1 is 0.974 bits per heavy atom. The number of Topliss-reactive ketones (excluding diaryl/α,β-unsaturated/α-hetero) is 2. The van der Waals surface area contributed by atoms with E-state index in [0.717, 1.165) is 22.4 Å². The van der Waals surface area contributed by atoms with Crippen LogP contribution in [-0.2, 0) is 25.7 Å². The molecule has 39 heavy (non-hydrogen) atoms. The zero-order chi connectivity index (χ0) is 28.2. The van der Waals surface area contributed by atoms with E-state index in [-0.39, 0.29) is 36.7 Å². The van der Waals surface area contributed by atoms with Gasteiger partial charge in [0.2, 0.25) is 11.8 Å². The smallest absolute Gasteiger partial charge is 0.227 e. The SMILES string of the molecule is CC(=O)C[C@@H](CO)C(=O)N[C@H](CCCCN)C(=O)CCCC(=O)N1Cc2ccccc2C#Cc2ccccc21. The van der Waals surface area contributed by atoms with Gasteiger partial charge in [-0.15, -0.1) is 0 Å². The van der Waals surface area contributed by atoms with Crippen LogP contribution in [0.3, 0.4) is 0 Å². The van der Waals surface area contributed by atoms with E-state index in [1.54, 1.807) is 4.90 Å². The number of para-hydroxylation sites is 1. The molecule has 0 saturated carbocycles. The second kappa shape index (κ2) is 15.0. The van der Waals surface area contributed by atoms with Crippen molar-refractivity contribution in [3.8, 4) is 11.8 Å². The first-order chi connectivity index (χ1) is 18.8. The summed E-state index contributed by atoms with van der Waals surface area (Å²) in [5.41, 5.74) is 8.93. The summed E-state index contributed by atoms with van der Waals surface area (Å²) in [7, 11) is 0. The Morgan fingerprint density at radius 3 is 2.38 bits per heavy atom. The van der Waals surface area contributed by atoms with Crippen LogP contribution < -0.4 is 16.0 Å². The van der Waals surface area contributed by atoms with Crippen LogP contribution in [-0.4, -0.2) is 47.7 Å². The number of rotatable bonds is 14. The lowest BCUT2D eigenvalue weighted by Crippen LogP contribution is -2.45. The molecule has 8 heteroatoms. The third-order valence-corrected chi connectivity index (χ3v) is 6.76. The molecule has 2 aromatic rings. The molecule has 0 spiro atoms. The largest absolute Gasteiger partial charge is 0.396 e. The molecular formula is C31H37N3O5. The lowest BCUT2D eigenvalue weighted by molar-refractivity contribution is -0.133. The zero-order valence-electron chi connectivity index (χ0n) is 22.4. The van der Waals surface area contributed by atoms with Crippen molar-refractivity contribution in [1.29, 1.82) is 0 Å². The molecule has 1 heterocycles. The van der Waals surface area contributed by atoms with Crippen molar-refractivity contribution in [3.63, 3.8) is 0 Å². The van der Waals surface area contributed by atoms with E-state index in [0.29, 0.717) is 38.8 Å². The number of nitrogens with one attached hydrogen (secondary N) is 1. The first kappa shape index (κ1) is 29.8. The van der Waals surface area contributed by atoms with Crippen LogP contribution in [0, 0.1) is 17.8 Å². The number of carbonyl (C=O) groups excluding carboxylic acids is 4. The summed E-state index contributed by atoms with van der Waals surface area (Å²) in [5, 5.41) is 12.3. The van der Waals surface area contributed by atoms with Crippen molar-refractivity contribution < 1.29 is 24.3 Å². The number of unbranched alkanes of at least 4 members (excludes halogenated alkanes) is 1. The monoisotopic (exact) mass is 531 g/mol. The van der Waals surface area contributed by atoms with Crippen LogP contribution in [0.25, 0.3) is 0 Å². The predicted octanol–water partition coefficient (Wildman–Crippen LogP) is 2.87. The molecule has 0 saturated heterocycles. The van der Waals surface area contributed by atoms with Crippen molar-refractivity contribution in [3.05, 3.63) is 65.2 Å². The van der Waals surface area contributed by atoms with Gasteiger partial charge in [-0.1, -0.05) is 42.2 Å². The second-order valence-corrected chi connectivity index (χ2v) is 9.86. The molecule has 0 aliphatic carbocycles. The van der Waals surface area contributed by atoms with Crippen LogP contribution in [0.5, 0.6) is 0 Å². The molecule has 3 rings (SSSR count). The van der Waals surface area contributed by atoms with Crippen LogP contribution in [0.15, 0.2) is 48.5 Å². The fourth-order valence-corrected chi connectivity index (χ4v) is 4.61. The van der Waals surface area contributed by atoms with Gasteiger partial charge in [-0.25, -0.2) is 0 Å². The van der Waals surface area contributed by atoms with E-state index in [1.807, 2.05) is 48.5 Å². The Labute approximate surface area is 230 Å². The number of amides is 2. The van der Waals surface area contributed by atoms with Gasteiger partial charge in [0.05, 0.1) is 30.8 Å². The van der Waals surface area contributed by atoms with Crippen molar-refractivity contribution >= 4 is 29.1 Å². The van der Waals surface area contributed by atoms with Crippen molar-refractivity contribution in [2.45, 2.75) is 64.5 Å². The molecule has 4 N–H and O–H groups in total. The van der Waals surface area contributed by atoms with Gasteiger partial charge in [-0.2, -0.15) is 0 Å². The van der Waals surface area contributed by atoms with Crippen LogP contribution in [0.4, 0.5) is 5.69 Å². The van der Waals surface area contributed by atoms with Gasteiger partial charge in [0.1, 0.15) is 5.78 Å². The molecule has 1 aliphatic heterocycles. The maximum atomic E-state index is 13.4. The number of fused-ring (bicyclic) bond motifs is 2. The quantitative estimate of drug-likeness (QED) is 0.254. The highest BCUT2D eigenvalue weighted by molar-refractivity contribution is 5.96. The number of nitrogens with two attached hydrogens (primary N) is 1. The Morgan fingerprint density at radius 2 is 1.67 bits per heavy atom. The van der Waals surface area contributed by atoms with Gasteiger partial charge in [0, 0.05) is 30.4 Å². The lowest BCUT2D eigenvalue weighted by atomic mass is 9.98. The molecular weight excluding hydrogens is 494 g/mol. The third kappa shape index (κ3) is 8.60. The first-order valence-electron chi connectivity index (χ1n) is 13.5. The van der Waals surface area contributed by atoms with E-state index in [4.69, 9.17) is 5.73 Å². The Kier molecular flexibility index (Phi) is 11.4. The molecule has 0 unspecified atom stereocenters. The zero-order valence-corrected chi connectivity index (χ0v) is 22.4. The van der Waals surface area contributed by atoms with E-state index < -0.39 is 24.5 Å². The number of carbonyl (C=O) groups is 4. The third-order valence-electron chi connectivity index (χ3n) is 6.76. The summed E-state index contributed by atoms with van der Waals surface area (Å²) in [6.07, 6.45) is 2.25. The van der Waals surface area contributed by atoms with Gasteiger partial charge in [0.25, 0.3) is 0 Å². The minimum Gasteiger partial charge on any atom is -0.396 e. The number of hydrogen-bond acceptors (Lipinski definition) is 6. The maximum Gasteiger partial charge on any atom is 0.227 e. The number of aliphatic hydroxyl groups excluding tert-OH is 1. The number of hydrogen-bond donors (Lipinski definition) is 3. The fourth-order valence-electron chi connectivity index (χ4n) is 4.61. The lowest BCUT2D eigenvalue weighted by Gasteiger charge is -2.26. The highest BCUT2D eigenvalue weighted by Gasteiger charge is 2.26. The van der Waals surface area contributed by atoms with E-state index in [1.165, 1.54) is 6.92 Å². The van der Waals surface area contributed by atoms with E-state index in [2.05, 4.69) is 17.2 Å². The van der Waals surface area contributed by atoms with Gasteiger partial charge < -0.3 is 25.9 Å². The highest BCUT2D eigenvalue weighted by atomic mass is 16.3. The van der Waals surface area contributed by atoms with E-state index in [9.17, 15) is 24.3 Å². The maximum absolute atomic E-state index is 13.4. The van der Waals surface area contributed by atoms with Crippen molar-refractivity contribution in [2.75, 3.05) is 18.1 Å². The summed E-state index contributed by atoms with van der Waals surface area (Å²) in [4.78, 5) is 52.4. The second-order valence-electron chi connectivity index (χ2n) is 9.86. The molecule has 8 nitrogen and oxygen atoms in total. The fraction of sp³-hybridized carbons (Fsp3) is 0.419. The van der Waals surface area contributed by atoms with Crippen LogP contribution in [0.1, 0.15) is 68.6 Å². The molecule has 2 atom stereocenters. The summed E-state index contributed by atoms with van der Waals surface area (Å²) >= 11 is 0. The summed E-state index contributed by atoms with van der Waals surface area (Å²) < 4.78 is 0. The average Bonchev–Trinajstić information content (AvgIpc) is 2.92. The molecule has 0 fully saturated rings. The standard InChI is InChI=1S/C31H37N3O5/c1-22(36)19-26(21-35)31(39)33-27(12-6-7-18-32)29(37)14-8-15-30(38)34-20-25-11-3-2-9-23(25)16-17-24-10-4-5-13-28(24)34/h2-5,9-11,13,26-27,35H,6-8,12,14-15,18-21,32H2,1H3,(H,33,39)/t26-,27+/m0/s1. The average molecular weight is 532 g/mol. The van der Waals surface area contributed by atoms with Gasteiger partial charge in [-0.3, -0.25) is 14.4 Å². The molecule has 2 aromatic carbocycles. The Balaban J connectivity index is 1.67. The number of nitrogens with zero attached hydrogens (tertiary/aromatic N) is 1. The van der Waals surface area contributed by atoms with Gasteiger partial charge in [0.15, 0.2) is 5.78 Å². The molecule has 0 aromatic heterocycles. The minimum absolute atomic E-state index is 0.0919. The molecule has 206 valence electrons. The summed E-state index contributed by atoms with van der Waals surface area (Å²) in [6.45, 7) is 1.73. The molecule has 2 amide bonds. The minimum atomic E-state index is -0.896. The molecule has 0 radical (unpaired) electrons. The van der Waals surface area contributed by atoms with E-state index >= 15 is 0 Å². The van der Waals surface area contributed by atoms with Gasteiger partial charge >= 0.3 is 0 Å². The summed E-state index contributed by atoms with van der Waals surface area (Å²) in [6, 6.07) is 14.5. The predicted molar refractivity (Wildman–Crippen MR) is 150 cm³/mol. The van der Waals surface area contributed by atoms with Crippen molar-refractivity contribution in [1.82, 2.24) is 5.32 Å². The summed E-state index contributed by atoms with van der Waals surface area (Å²) in [5.74, 6) is 4.45. The Bertz CT molecular complexity index is 1250. The normalized spacial score (nSPS) is 13.5. The van der Waals surface area contributed by atoms with Crippen LogP contribution in [0.2, 0.25) is 0 Å². The highest BCUT2D eigenvalue weighted by Crippen LogP contribution is 2.26. The van der Waals surface area contributed by atoms with Gasteiger partial charge in [-0.05, 0) is 62.9 Å². The first-order valence-corrected chi connectivity index (χ1v) is 13.5. The number of anilines is 1. The Hall–Kier alpha value is -3.80. The number of aliphatic hydroxyl groups is 1. The topological polar surface area (TPSA) is 130 Å². The molecule has 1 aliphatic rings. The van der Waals surface area contributed by atoms with Crippen LogP contribution >= 0.6 is 0 Å².